The van der Waals surface area contributed by atoms with E-state index in [0.717, 1.165) is 0 Å². The second kappa shape index (κ2) is 7.90. The van der Waals surface area contributed by atoms with Gasteiger partial charge in [0.25, 0.3) is 11.5 Å². The number of anilines is 3. The molecule has 0 radical (unpaired) electrons. The van der Waals surface area contributed by atoms with Gasteiger partial charge >= 0.3 is 0 Å². The highest BCUT2D eigenvalue weighted by atomic mass is 16.1. The Morgan fingerprint density at radius 3 is 2.56 bits per heavy atom. The first kappa shape index (κ1) is 18.4. The van der Waals surface area contributed by atoms with E-state index in [1.807, 2.05) is 0 Å². The minimum Gasteiger partial charge on any atom is -0.373 e. The number of amides is 1. The molecular weight excluding hydrogens is 346 g/mol. The van der Waals surface area contributed by atoms with E-state index in [2.05, 4.69) is 20.7 Å². The van der Waals surface area contributed by atoms with Gasteiger partial charge in [-0.3, -0.25) is 9.59 Å². The molecule has 142 valence electrons. The van der Waals surface area contributed by atoms with E-state index >= 15 is 0 Å². The Morgan fingerprint density at radius 1 is 1.26 bits per heavy atom. The summed E-state index contributed by atoms with van der Waals surface area (Å²) < 4.78 is 2.92. The summed E-state index contributed by atoms with van der Waals surface area (Å²) in [6, 6.07) is 5.07. The highest BCUT2D eigenvalue weighted by Crippen LogP contribution is 2.20. The molecule has 0 bridgehead atoms. The molecule has 4 N–H and O–H groups in total. The third kappa shape index (κ3) is 3.91. The van der Waals surface area contributed by atoms with Crippen molar-refractivity contribution in [1.82, 2.24) is 19.2 Å². The number of carbonyl (C=O) groups excluding carboxylic acids is 1. The van der Waals surface area contributed by atoms with Crippen molar-refractivity contribution in [3.05, 3.63) is 46.5 Å². The first-order chi connectivity index (χ1) is 13.0. The van der Waals surface area contributed by atoms with Crippen LogP contribution in [0, 0.1) is 0 Å². The molecule has 3 heterocycles. The number of rotatable bonds is 4. The number of carbonyl (C=O) groups is 1. The van der Waals surface area contributed by atoms with Gasteiger partial charge in [-0.05, 0) is 12.1 Å². The first-order valence-corrected chi connectivity index (χ1v) is 8.80. The third-order valence-electron chi connectivity index (χ3n) is 4.38. The highest BCUT2D eigenvalue weighted by Gasteiger charge is 2.15. The minimum absolute atomic E-state index is 0.191. The summed E-state index contributed by atoms with van der Waals surface area (Å²) in [5.41, 5.74) is 6.02. The summed E-state index contributed by atoms with van der Waals surface area (Å²) in [6.45, 7) is 0. The van der Waals surface area contributed by atoms with E-state index in [-0.39, 0.29) is 11.1 Å². The van der Waals surface area contributed by atoms with Crippen molar-refractivity contribution in [2.24, 2.45) is 12.8 Å². The molecule has 27 heavy (non-hydrogen) atoms. The van der Waals surface area contributed by atoms with Crippen LogP contribution in [0.15, 0.2) is 35.4 Å². The molecule has 3 aromatic heterocycles. The number of aryl methyl sites for hydroxylation is 1. The summed E-state index contributed by atoms with van der Waals surface area (Å²) in [5, 5.41) is 10.0. The Hall–Kier alpha value is -3.36. The van der Waals surface area contributed by atoms with Crippen LogP contribution < -0.4 is 21.9 Å². The second-order valence-corrected chi connectivity index (χ2v) is 6.31. The number of nitrogens with zero attached hydrogens (tertiary/aromatic N) is 4. The van der Waals surface area contributed by atoms with Crippen LogP contribution in [0.2, 0.25) is 0 Å². The minimum atomic E-state index is -0.623. The highest BCUT2D eigenvalue weighted by molar-refractivity contribution is 5.98. The Morgan fingerprint density at radius 2 is 1.96 bits per heavy atom. The van der Waals surface area contributed by atoms with Crippen molar-refractivity contribution >= 4 is 28.9 Å². The fraction of sp³-hybridized carbons (Fsp3) is 0.333. The maximum absolute atomic E-state index is 12.1. The lowest BCUT2D eigenvalue weighted by molar-refractivity contribution is 0.100. The van der Waals surface area contributed by atoms with E-state index < -0.39 is 5.91 Å². The summed E-state index contributed by atoms with van der Waals surface area (Å²) in [6.07, 6.45) is 9.02. The normalized spacial score (nSPS) is 12.7. The number of aromatic nitrogens is 4. The zero-order valence-corrected chi connectivity index (χ0v) is 15.4. The zero-order chi connectivity index (χ0) is 19.4. The maximum Gasteiger partial charge on any atom is 0.274 e. The van der Waals surface area contributed by atoms with Gasteiger partial charge in [0.15, 0.2) is 5.65 Å². The van der Waals surface area contributed by atoms with E-state index in [1.165, 1.54) is 41.0 Å². The van der Waals surface area contributed by atoms with Crippen molar-refractivity contribution in [3.8, 4) is 0 Å². The summed E-state index contributed by atoms with van der Waals surface area (Å²) in [4.78, 5) is 27.9. The fourth-order valence-electron chi connectivity index (χ4n) is 2.46. The molecule has 0 aliphatic heterocycles. The molecule has 1 aliphatic carbocycles. The van der Waals surface area contributed by atoms with E-state index in [9.17, 15) is 9.59 Å². The Bertz CT molecular complexity index is 1010. The third-order valence-corrected chi connectivity index (χ3v) is 4.38. The van der Waals surface area contributed by atoms with Crippen molar-refractivity contribution in [1.29, 1.82) is 0 Å². The van der Waals surface area contributed by atoms with Crippen molar-refractivity contribution in [2.75, 3.05) is 17.7 Å². The summed E-state index contributed by atoms with van der Waals surface area (Å²) >= 11 is 0. The van der Waals surface area contributed by atoms with Crippen LogP contribution in [-0.4, -0.2) is 32.1 Å². The van der Waals surface area contributed by atoms with Crippen LogP contribution in [0.5, 0.6) is 0 Å². The molecule has 3 aromatic rings. The zero-order valence-electron chi connectivity index (χ0n) is 15.4. The van der Waals surface area contributed by atoms with Crippen molar-refractivity contribution in [3.63, 3.8) is 0 Å². The van der Waals surface area contributed by atoms with E-state index in [4.69, 9.17) is 5.73 Å². The van der Waals surface area contributed by atoms with E-state index in [1.54, 1.807) is 38.5 Å². The Labute approximate surface area is 156 Å². The van der Waals surface area contributed by atoms with Gasteiger partial charge in [-0.25, -0.2) is 4.98 Å². The van der Waals surface area contributed by atoms with Gasteiger partial charge in [-0.1, -0.05) is 25.7 Å². The largest absolute Gasteiger partial charge is 0.373 e. The monoisotopic (exact) mass is 369 g/mol. The number of hydrogen-bond acceptors (Lipinski definition) is 6. The van der Waals surface area contributed by atoms with Gasteiger partial charge in [0, 0.05) is 26.4 Å². The molecule has 1 saturated carbocycles. The smallest absolute Gasteiger partial charge is 0.274 e. The molecule has 0 atom stereocenters. The molecule has 0 unspecified atom stereocenters. The summed E-state index contributed by atoms with van der Waals surface area (Å²) in [5.74, 6) is 0.369. The molecule has 9 nitrogen and oxygen atoms in total. The standard InChI is InChI=1S/C14H15N7O2.C4H8/c1-16-11-6-10(18-9-4-3-5-20(2)14(9)23)19-13-8(12(15)22)7-17-21(11)13;1-2-4-3-1/h3-7,16H,1-2H3,(H2,15,22)(H,18,19);1-4H2. The lowest BCUT2D eigenvalue weighted by atomic mass is 10.0. The molecular formula is C18H23N7O2. The van der Waals surface area contributed by atoms with Crippen LogP contribution in [0.1, 0.15) is 36.0 Å². The van der Waals surface area contributed by atoms with Crippen LogP contribution in [0.3, 0.4) is 0 Å². The maximum atomic E-state index is 12.1. The van der Waals surface area contributed by atoms with E-state index in [0.29, 0.717) is 23.0 Å². The number of fused-ring (bicyclic) bond motifs is 1. The van der Waals surface area contributed by atoms with Gasteiger partial charge in [-0.15, -0.1) is 0 Å². The molecule has 0 aromatic carbocycles. The average Bonchev–Trinajstić information content (AvgIpc) is 3.01. The van der Waals surface area contributed by atoms with Gasteiger partial charge in [0.05, 0.1) is 6.20 Å². The number of pyridine rings is 1. The molecule has 9 heteroatoms. The van der Waals surface area contributed by atoms with Gasteiger partial charge in [0.1, 0.15) is 22.9 Å². The van der Waals surface area contributed by atoms with Crippen LogP contribution in [0.4, 0.5) is 17.3 Å². The van der Waals surface area contributed by atoms with Crippen LogP contribution >= 0.6 is 0 Å². The van der Waals surface area contributed by atoms with Crippen LogP contribution in [-0.2, 0) is 7.05 Å². The predicted octanol–water partition coefficient (Wildman–Crippen LogP) is 1.87. The molecule has 1 fully saturated rings. The summed E-state index contributed by atoms with van der Waals surface area (Å²) in [7, 11) is 3.37. The van der Waals surface area contributed by atoms with Crippen molar-refractivity contribution < 1.29 is 4.79 Å². The quantitative estimate of drug-likeness (QED) is 0.646. The van der Waals surface area contributed by atoms with Gasteiger partial charge in [-0.2, -0.15) is 9.61 Å². The SMILES string of the molecule is C1CCC1.CNc1cc(Nc2cccn(C)c2=O)nc2c(C(N)=O)cnn12. The molecule has 0 saturated heterocycles. The average molecular weight is 369 g/mol. The molecule has 4 rings (SSSR count). The van der Waals surface area contributed by atoms with Gasteiger partial charge in [0.2, 0.25) is 0 Å². The Kier molecular flexibility index (Phi) is 5.39. The number of nitrogens with two attached hydrogens (primary N) is 1. The number of primary amides is 1. The molecule has 1 aliphatic rings. The topological polar surface area (TPSA) is 119 Å². The molecule has 1 amide bonds. The lowest BCUT2D eigenvalue weighted by Crippen LogP contribution is -2.19. The number of hydrogen-bond donors (Lipinski definition) is 3. The fourth-order valence-corrected chi connectivity index (χ4v) is 2.46. The predicted molar refractivity (Wildman–Crippen MR) is 104 cm³/mol. The second-order valence-electron chi connectivity index (χ2n) is 6.31. The Balaban J connectivity index is 0.000000466. The van der Waals surface area contributed by atoms with Crippen molar-refractivity contribution in [2.45, 2.75) is 25.7 Å². The molecule has 0 spiro atoms. The number of nitrogens with one attached hydrogen (secondary N) is 2. The lowest BCUT2D eigenvalue weighted by Gasteiger charge is -2.10. The van der Waals surface area contributed by atoms with Gasteiger partial charge < -0.3 is 20.9 Å². The van der Waals surface area contributed by atoms with Crippen LogP contribution in [0.25, 0.3) is 5.65 Å². The first-order valence-electron chi connectivity index (χ1n) is 8.80.